The van der Waals surface area contributed by atoms with Crippen molar-refractivity contribution >= 4 is 29.2 Å². The molecule has 0 radical (unpaired) electrons. The molecule has 0 saturated carbocycles. The molecule has 1 amide bonds. The third-order valence-corrected chi connectivity index (χ3v) is 8.42. The minimum Gasteiger partial charge on any atom is -0.436 e. The number of benzene rings is 2. The summed E-state index contributed by atoms with van der Waals surface area (Å²) in [4.78, 5) is 20.2. The van der Waals surface area contributed by atoms with Crippen molar-refractivity contribution in [3.05, 3.63) is 60.3 Å². The van der Waals surface area contributed by atoms with Gasteiger partial charge in [-0.1, -0.05) is 30.5 Å². The number of halogens is 3. The van der Waals surface area contributed by atoms with E-state index in [9.17, 15) is 18.0 Å². The summed E-state index contributed by atoms with van der Waals surface area (Å²) in [6.07, 6.45) is -2.52. The Morgan fingerprint density at radius 2 is 1.75 bits per heavy atom. The van der Waals surface area contributed by atoms with Gasteiger partial charge in [0.05, 0.1) is 22.6 Å². The molecule has 192 valence electrons. The van der Waals surface area contributed by atoms with Gasteiger partial charge in [-0.2, -0.15) is 13.2 Å². The molecule has 0 atom stereocenters. The highest BCUT2D eigenvalue weighted by atomic mass is 32.2. The van der Waals surface area contributed by atoms with Gasteiger partial charge in [0.25, 0.3) is 0 Å². The standard InChI is InChI=1S/C27H30F3N3O2S/c1-18(2)33-19(3)26(35-25(33)34)11-15-31(16-12-26)13-6-14-32-21-7-4-5-8-23(21)36-24-10-9-20(17-22(24)32)27(28,29)30/h4-5,7-10,17-18H,3,6,11-16H2,1-2H3. The van der Waals surface area contributed by atoms with Crippen molar-refractivity contribution in [2.24, 2.45) is 0 Å². The maximum absolute atomic E-state index is 13.4. The van der Waals surface area contributed by atoms with Crippen LogP contribution in [0.4, 0.5) is 29.3 Å². The summed E-state index contributed by atoms with van der Waals surface area (Å²) in [6.45, 7) is 11.0. The first-order valence-corrected chi connectivity index (χ1v) is 13.1. The summed E-state index contributed by atoms with van der Waals surface area (Å²) < 4.78 is 46.1. The summed E-state index contributed by atoms with van der Waals surface area (Å²) in [5.41, 5.74) is 1.05. The molecule has 1 spiro atoms. The van der Waals surface area contributed by atoms with Crippen molar-refractivity contribution in [2.45, 2.75) is 60.7 Å². The highest BCUT2D eigenvalue weighted by Gasteiger charge is 2.51. The molecule has 0 unspecified atom stereocenters. The predicted octanol–water partition coefficient (Wildman–Crippen LogP) is 6.91. The summed E-state index contributed by atoms with van der Waals surface area (Å²) in [5.74, 6) is 0. The van der Waals surface area contributed by atoms with Gasteiger partial charge in [0.1, 0.15) is 0 Å². The van der Waals surface area contributed by atoms with Gasteiger partial charge in [-0.3, -0.25) is 4.90 Å². The van der Waals surface area contributed by atoms with Crippen LogP contribution in [0.15, 0.2) is 64.5 Å². The van der Waals surface area contributed by atoms with Gasteiger partial charge in [0.15, 0.2) is 5.60 Å². The molecular formula is C27H30F3N3O2S. The number of para-hydroxylation sites is 1. The Kier molecular flexibility index (Phi) is 6.49. The van der Waals surface area contributed by atoms with E-state index in [2.05, 4.69) is 11.5 Å². The summed E-state index contributed by atoms with van der Waals surface area (Å²) >= 11 is 1.51. The van der Waals surface area contributed by atoms with E-state index in [0.29, 0.717) is 25.1 Å². The largest absolute Gasteiger partial charge is 0.436 e. The zero-order valence-corrected chi connectivity index (χ0v) is 21.3. The molecule has 2 aromatic rings. The number of carbonyl (C=O) groups excluding carboxylic acids is 1. The maximum atomic E-state index is 13.4. The van der Waals surface area contributed by atoms with Crippen molar-refractivity contribution in [1.29, 1.82) is 0 Å². The fourth-order valence-electron chi connectivity index (χ4n) is 5.35. The molecule has 5 nitrogen and oxygen atoms in total. The number of hydrogen-bond acceptors (Lipinski definition) is 5. The summed E-state index contributed by atoms with van der Waals surface area (Å²) in [5, 5.41) is 0. The Balaban J connectivity index is 1.26. The molecule has 0 aliphatic carbocycles. The Labute approximate surface area is 213 Å². The Morgan fingerprint density at radius 3 is 2.42 bits per heavy atom. The number of rotatable bonds is 5. The zero-order valence-electron chi connectivity index (χ0n) is 20.5. The zero-order chi connectivity index (χ0) is 25.7. The van der Waals surface area contributed by atoms with Gasteiger partial charge in [0, 0.05) is 48.3 Å². The topological polar surface area (TPSA) is 36.0 Å². The van der Waals surface area contributed by atoms with Gasteiger partial charge in [0.2, 0.25) is 0 Å². The van der Waals surface area contributed by atoms with Crippen LogP contribution in [-0.2, 0) is 10.9 Å². The molecule has 3 aliphatic heterocycles. The van der Waals surface area contributed by atoms with E-state index in [-0.39, 0.29) is 12.1 Å². The second kappa shape index (κ2) is 9.34. The van der Waals surface area contributed by atoms with Gasteiger partial charge in [-0.05, 0) is 57.1 Å². The van der Waals surface area contributed by atoms with Crippen LogP contribution in [0.1, 0.15) is 38.7 Å². The van der Waals surface area contributed by atoms with Crippen LogP contribution >= 0.6 is 11.8 Å². The maximum Gasteiger partial charge on any atom is 0.416 e. The molecule has 2 saturated heterocycles. The number of piperidine rings is 1. The average molecular weight is 518 g/mol. The molecule has 3 heterocycles. The lowest BCUT2D eigenvalue weighted by Crippen LogP contribution is -2.46. The van der Waals surface area contributed by atoms with Crippen LogP contribution in [0.3, 0.4) is 0 Å². The lowest BCUT2D eigenvalue weighted by atomic mass is 9.88. The van der Waals surface area contributed by atoms with Gasteiger partial charge in [-0.15, -0.1) is 0 Å². The van der Waals surface area contributed by atoms with Crippen molar-refractivity contribution in [2.75, 3.05) is 31.1 Å². The monoisotopic (exact) mass is 517 g/mol. The molecule has 2 aromatic carbocycles. The minimum atomic E-state index is -4.38. The third-order valence-electron chi connectivity index (χ3n) is 7.29. The number of likely N-dealkylation sites (tertiary alicyclic amines) is 1. The average Bonchev–Trinajstić information content (AvgIpc) is 3.07. The first-order chi connectivity index (χ1) is 17.1. The number of fused-ring (bicyclic) bond motifs is 2. The van der Waals surface area contributed by atoms with Crippen molar-refractivity contribution in [3.63, 3.8) is 0 Å². The first-order valence-electron chi connectivity index (χ1n) is 12.3. The quantitative estimate of drug-likeness (QED) is 0.431. The predicted molar refractivity (Wildman–Crippen MR) is 135 cm³/mol. The lowest BCUT2D eigenvalue weighted by Gasteiger charge is -2.39. The molecule has 0 N–H and O–H groups in total. The Morgan fingerprint density at radius 1 is 1.06 bits per heavy atom. The number of anilines is 2. The van der Waals surface area contributed by atoms with Crippen molar-refractivity contribution in [3.8, 4) is 0 Å². The van der Waals surface area contributed by atoms with Crippen LogP contribution in [-0.4, -0.2) is 53.7 Å². The molecule has 36 heavy (non-hydrogen) atoms. The number of ether oxygens (including phenoxy) is 1. The first kappa shape index (κ1) is 25.0. The molecule has 9 heteroatoms. The van der Waals surface area contributed by atoms with Crippen LogP contribution in [0.5, 0.6) is 0 Å². The fraction of sp³-hybridized carbons (Fsp3) is 0.444. The summed E-state index contributed by atoms with van der Waals surface area (Å²) in [6, 6.07) is 11.9. The van der Waals surface area contributed by atoms with E-state index < -0.39 is 17.3 Å². The second-order valence-electron chi connectivity index (χ2n) is 9.87. The smallest absolute Gasteiger partial charge is 0.416 e. The van der Waals surface area contributed by atoms with E-state index in [0.717, 1.165) is 53.3 Å². The van der Waals surface area contributed by atoms with Gasteiger partial charge < -0.3 is 14.5 Å². The lowest BCUT2D eigenvalue weighted by molar-refractivity contribution is -0.137. The van der Waals surface area contributed by atoms with Crippen molar-refractivity contribution < 1.29 is 22.7 Å². The van der Waals surface area contributed by atoms with Crippen molar-refractivity contribution in [1.82, 2.24) is 9.80 Å². The number of nitrogens with zero attached hydrogens (tertiary/aromatic N) is 3. The number of amides is 1. The van der Waals surface area contributed by atoms with Crippen LogP contribution < -0.4 is 4.90 Å². The molecular weight excluding hydrogens is 487 g/mol. The van der Waals surface area contributed by atoms with E-state index >= 15 is 0 Å². The Hall–Kier alpha value is -2.65. The SMILES string of the molecule is C=C1N(C(C)C)C(=O)OC12CCN(CCCN1c3ccccc3Sc3ccc(C(F)(F)F)cc31)CC2. The van der Waals surface area contributed by atoms with E-state index in [1.165, 1.54) is 17.8 Å². The van der Waals surface area contributed by atoms with Crippen LogP contribution in [0, 0.1) is 0 Å². The normalized spacial score (nSPS) is 19.6. The Bertz CT molecular complexity index is 1180. The molecule has 5 rings (SSSR count). The molecule has 2 fully saturated rings. The highest BCUT2D eigenvalue weighted by Crippen LogP contribution is 2.49. The number of carbonyl (C=O) groups is 1. The van der Waals surface area contributed by atoms with E-state index in [1.807, 2.05) is 43.0 Å². The third kappa shape index (κ3) is 4.47. The minimum absolute atomic E-state index is 0.00808. The van der Waals surface area contributed by atoms with E-state index in [4.69, 9.17) is 4.74 Å². The second-order valence-corrected chi connectivity index (χ2v) is 11.0. The fourth-order valence-corrected chi connectivity index (χ4v) is 6.43. The van der Waals surface area contributed by atoms with E-state index in [1.54, 1.807) is 11.0 Å². The van der Waals surface area contributed by atoms with Crippen LogP contribution in [0.25, 0.3) is 0 Å². The highest BCUT2D eigenvalue weighted by molar-refractivity contribution is 7.99. The van der Waals surface area contributed by atoms with Crippen LogP contribution in [0.2, 0.25) is 0 Å². The molecule has 0 aromatic heterocycles. The van der Waals surface area contributed by atoms with Gasteiger partial charge >= 0.3 is 12.3 Å². The van der Waals surface area contributed by atoms with Gasteiger partial charge in [-0.25, -0.2) is 4.79 Å². The summed E-state index contributed by atoms with van der Waals surface area (Å²) in [7, 11) is 0. The number of hydrogen-bond donors (Lipinski definition) is 0. The number of alkyl halides is 3. The molecule has 3 aliphatic rings. The molecule has 0 bridgehead atoms.